The maximum absolute atomic E-state index is 11.4. The Balaban J connectivity index is 1.82. The van der Waals surface area contributed by atoms with Gasteiger partial charge in [0, 0.05) is 11.1 Å². The van der Waals surface area contributed by atoms with Crippen LogP contribution in [0.25, 0.3) is 33.6 Å². The minimum absolute atomic E-state index is 0.293. The Morgan fingerprint density at radius 1 is 1.09 bits per heavy atom. The number of aromatic amines is 1. The molecule has 0 saturated carbocycles. The van der Waals surface area contributed by atoms with Crippen LogP contribution in [0.2, 0.25) is 0 Å². The molecule has 22 heavy (non-hydrogen) atoms. The third-order valence-electron chi connectivity index (χ3n) is 3.31. The minimum Gasteiger partial charge on any atom is -0.436 e. The molecular formula is C14H9N5O3. The fourth-order valence-electron chi connectivity index (χ4n) is 2.23. The number of hydroxylamine groups is 1. The maximum Gasteiger partial charge on any atom is 0.274 e. The zero-order chi connectivity index (χ0) is 15.1. The van der Waals surface area contributed by atoms with Crippen LogP contribution in [0.4, 0.5) is 0 Å². The first-order valence-electron chi connectivity index (χ1n) is 6.40. The Morgan fingerprint density at radius 2 is 1.95 bits per heavy atom. The highest BCUT2D eigenvalue weighted by Gasteiger charge is 2.12. The molecule has 0 atom stereocenters. The van der Waals surface area contributed by atoms with Gasteiger partial charge in [-0.2, -0.15) is 15.4 Å². The molecule has 2 aromatic carbocycles. The van der Waals surface area contributed by atoms with E-state index in [1.807, 2.05) is 18.2 Å². The van der Waals surface area contributed by atoms with Crippen molar-refractivity contribution in [2.24, 2.45) is 0 Å². The topological polar surface area (TPSA) is 117 Å². The van der Waals surface area contributed by atoms with Gasteiger partial charge >= 0.3 is 0 Å². The van der Waals surface area contributed by atoms with Crippen molar-refractivity contribution >= 4 is 28.0 Å². The van der Waals surface area contributed by atoms with E-state index in [1.54, 1.807) is 23.7 Å². The minimum atomic E-state index is -0.601. The second kappa shape index (κ2) is 4.64. The van der Waals surface area contributed by atoms with Crippen LogP contribution in [-0.2, 0) is 0 Å². The Morgan fingerprint density at radius 3 is 2.82 bits per heavy atom. The standard InChI is InChI=1S/C14H9N5O3/c20-13(18-21)7-2-4-12-11(5-7)15-14(22-12)8-1-3-9-10(6-8)17-19-16-9/h1-6,21H,(H,18,20)(H,16,17,19). The number of carbonyl (C=O) groups is 1. The summed E-state index contributed by atoms with van der Waals surface area (Å²) in [5.41, 5.74) is 5.16. The number of oxazole rings is 1. The first-order chi connectivity index (χ1) is 10.7. The molecule has 0 spiro atoms. The van der Waals surface area contributed by atoms with Crippen molar-refractivity contribution in [1.29, 1.82) is 0 Å². The maximum atomic E-state index is 11.4. The average Bonchev–Trinajstić information content (AvgIpc) is 3.18. The molecule has 0 unspecified atom stereocenters. The van der Waals surface area contributed by atoms with Crippen LogP contribution in [-0.4, -0.2) is 31.5 Å². The van der Waals surface area contributed by atoms with E-state index in [2.05, 4.69) is 20.4 Å². The molecule has 0 bridgehead atoms. The van der Waals surface area contributed by atoms with Gasteiger partial charge in [0.15, 0.2) is 5.58 Å². The summed E-state index contributed by atoms with van der Waals surface area (Å²) >= 11 is 0. The molecule has 2 heterocycles. The molecule has 0 aliphatic carbocycles. The number of fused-ring (bicyclic) bond motifs is 2. The highest BCUT2D eigenvalue weighted by Crippen LogP contribution is 2.26. The average molecular weight is 295 g/mol. The van der Waals surface area contributed by atoms with Crippen LogP contribution in [0.5, 0.6) is 0 Å². The van der Waals surface area contributed by atoms with Crippen LogP contribution in [0.3, 0.4) is 0 Å². The molecule has 0 aliphatic rings. The van der Waals surface area contributed by atoms with Crippen molar-refractivity contribution in [1.82, 2.24) is 25.9 Å². The molecule has 1 amide bonds. The fraction of sp³-hybridized carbons (Fsp3) is 0. The quantitative estimate of drug-likeness (QED) is 0.384. The number of hydrogen-bond acceptors (Lipinski definition) is 6. The Kier molecular flexibility index (Phi) is 2.63. The van der Waals surface area contributed by atoms with E-state index >= 15 is 0 Å². The smallest absolute Gasteiger partial charge is 0.274 e. The summed E-state index contributed by atoms with van der Waals surface area (Å²) in [5.74, 6) is -0.183. The number of aromatic nitrogens is 4. The number of amides is 1. The summed E-state index contributed by atoms with van der Waals surface area (Å²) in [6, 6.07) is 10.2. The zero-order valence-corrected chi connectivity index (χ0v) is 11.1. The van der Waals surface area contributed by atoms with Crippen LogP contribution < -0.4 is 5.48 Å². The number of carbonyl (C=O) groups excluding carboxylic acids is 1. The predicted octanol–water partition coefficient (Wildman–Crippen LogP) is 1.89. The molecule has 4 aromatic rings. The Hall–Kier alpha value is -3.26. The van der Waals surface area contributed by atoms with Crippen molar-refractivity contribution < 1.29 is 14.4 Å². The summed E-state index contributed by atoms with van der Waals surface area (Å²) in [6.45, 7) is 0. The second-order valence-corrected chi connectivity index (χ2v) is 4.67. The molecule has 8 nitrogen and oxygen atoms in total. The lowest BCUT2D eigenvalue weighted by Crippen LogP contribution is -2.18. The first-order valence-corrected chi connectivity index (χ1v) is 6.40. The third-order valence-corrected chi connectivity index (χ3v) is 3.31. The van der Waals surface area contributed by atoms with E-state index < -0.39 is 5.91 Å². The van der Waals surface area contributed by atoms with Gasteiger partial charge in [-0.1, -0.05) is 0 Å². The van der Waals surface area contributed by atoms with Crippen molar-refractivity contribution in [2.75, 3.05) is 0 Å². The molecule has 2 aromatic heterocycles. The van der Waals surface area contributed by atoms with Crippen LogP contribution in [0.15, 0.2) is 40.8 Å². The summed E-state index contributed by atoms with van der Waals surface area (Å²) in [5, 5.41) is 19.2. The van der Waals surface area contributed by atoms with Gasteiger partial charge in [-0.3, -0.25) is 10.0 Å². The Labute approximate surface area is 122 Å². The van der Waals surface area contributed by atoms with Crippen LogP contribution >= 0.6 is 0 Å². The van der Waals surface area contributed by atoms with Gasteiger partial charge in [0.25, 0.3) is 5.91 Å². The lowest BCUT2D eigenvalue weighted by atomic mass is 10.2. The molecule has 3 N–H and O–H groups in total. The van der Waals surface area contributed by atoms with E-state index in [1.165, 1.54) is 0 Å². The largest absolute Gasteiger partial charge is 0.436 e. The molecule has 108 valence electrons. The van der Waals surface area contributed by atoms with E-state index in [0.717, 1.165) is 11.1 Å². The number of hydrogen-bond donors (Lipinski definition) is 3. The molecule has 4 rings (SSSR count). The second-order valence-electron chi connectivity index (χ2n) is 4.67. The molecule has 0 saturated heterocycles. The first kappa shape index (κ1) is 12.5. The number of nitrogens with zero attached hydrogens (tertiary/aromatic N) is 3. The monoisotopic (exact) mass is 295 g/mol. The van der Waals surface area contributed by atoms with Gasteiger partial charge in [-0.05, 0) is 36.4 Å². The molecule has 0 aliphatic heterocycles. The summed E-state index contributed by atoms with van der Waals surface area (Å²) in [6.07, 6.45) is 0. The van der Waals surface area contributed by atoms with Crippen LogP contribution in [0.1, 0.15) is 10.4 Å². The van der Waals surface area contributed by atoms with Crippen molar-refractivity contribution in [2.45, 2.75) is 0 Å². The summed E-state index contributed by atoms with van der Waals surface area (Å²) < 4.78 is 5.68. The van der Waals surface area contributed by atoms with E-state index in [4.69, 9.17) is 9.62 Å². The fourth-order valence-corrected chi connectivity index (χ4v) is 2.23. The molecule has 8 heteroatoms. The number of H-pyrrole nitrogens is 1. The number of nitrogens with one attached hydrogen (secondary N) is 2. The lowest BCUT2D eigenvalue weighted by molar-refractivity contribution is 0.0706. The van der Waals surface area contributed by atoms with Gasteiger partial charge in [0.05, 0.1) is 0 Å². The zero-order valence-electron chi connectivity index (χ0n) is 11.1. The normalized spacial score (nSPS) is 11.1. The van der Waals surface area contributed by atoms with E-state index in [0.29, 0.717) is 28.1 Å². The third kappa shape index (κ3) is 1.90. The SMILES string of the molecule is O=C(NO)c1ccc2oc(-c3ccc4n[nH]nc4c3)nc2c1. The van der Waals surface area contributed by atoms with Crippen molar-refractivity contribution in [3.63, 3.8) is 0 Å². The molecular weight excluding hydrogens is 286 g/mol. The number of benzene rings is 2. The van der Waals surface area contributed by atoms with Gasteiger partial charge in [-0.25, -0.2) is 10.5 Å². The van der Waals surface area contributed by atoms with Crippen LogP contribution in [0, 0.1) is 0 Å². The van der Waals surface area contributed by atoms with Gasteiger partial charge in [0.2, 0.25) is 5.89 Å². The number of rotatable bonds is 2. The van der Waals surface area contributed by atoms with Gasteiger partial charge in [-0.15, -0.1) is 0 Å². The van der Waals surface area contributed by atoms with Crippen molar-refractivity contribution in [3.8, 4) is 11.5 Å². The predicted molar refractivity (Wildman–Crippen MR) is 76.1 cm³/mol. The van der Waals surface area contributed by atoms with Crippen molar-refractivity contribution in [3.05, 3.63) is 42.0 Å². The highest BCUT2D eigenvalue weighted by molar-refractivity contribution is 5.96. The van der Waals surface area contributed by atoms with E-state index in [9.17, 15) is 4.79 Å². The molecule has 0 radical (unpaired) electrons. The lowest BCUT2D eigenvalue weighted by Gasteiger charge is -1.96. The molecule has 0 fully saturated rings. The van der Waals surface area contributed by atoms with Gasteiger partial charge < -0.3 is 4.42 Å². The van der Waals surface area contributed by atoms with E-state index in [-0.39, 0.29) is 0 Å². The highest BCUT2D eigenvalue weighted by atomic mass is 16.5. The summed E-state index contributed by atoms with van der Waals surface area (Å²) in [4.78, 5) is 15.8. The summed E-state index contributed by atoms with van der Waals surface area (Å²) in [7, 11) is 0. The Bertz CT molecular complexity index is 1000. The van der Waals surface area contributed by atoms with Gasteiger partial charge in [0.1, 0.15) is 16.6 Å².